The Hall–Kier alpha value is -4.73. The molecule has 6 nitrogen and oxygen atoms in total. The van der Waals surface area contributed by atoms with E-state index in [9.17, 15) is 9.59 Å². The molecule has 1 aliphatic rings. The van der Waals surface area contributed by atoms with Crippen LogP contribution in [-0.2, 0) is 17.8 Å². The third-order valence-corrected chi connectivity index (χ3v) is 7.21. The number of rotatable bonds is 8. The number of nitrogens with one attached hydrogen (secondary N) is 1. The maximum atomic E-state index is 13.8. The van der Waals surface area contributed by atoms with Crippen LogP contribution in [0.3, 0.4) is 0 Å². The van der Waals surface area contributed by atoms with Gasteiger partial charge in [-0.2, -0.15) is 0 Å². The molecule has 6 rings (SSSR count). The molecule has 2 heterocycles. The SMILES string of the molecule is C#CCCCC(=O)Oc1ccc2[nH]c(C(=O)N3CCc4c3cc(OCc3ccccc3)c3ccccc43)cc2c1.CC.CCl. The quantitative estimate of drug-likeness (QED) is 0.0629. The number of esters is 1. The van der Waals surface area contributed by atoms with Gasteiger partial charge in [0.15, 0.2) is 0 Å². The van der Waals surface area contributed by atoms with Crippen molar-refractivity contribution in [3.63, 3.8) is 0 Å². The summed E-state index contributed by atoms with van der Waals surface area (Å²) in [5, 5.41) is 2.93. The fourth-order valence-corrected chi connectivity index (χ4v) is 5.25. The average Bonchev–Trinajstić information content (AvgIpc) is 3.70. The molecule has 1 aliphatic heterocycles. The Morgan fingerprint density at radius 1 is 0.955 bits per heavy atom. The van der Waals surface area contributed by atoms with Crippen molar-refractivity contribution >= 4 is 50.8 Å². The van der Waals surface area contributed by atoms with Gasteiger partial charge in [0.05, 0.1) is 5.69 Å². The molecule has 4 aromatic carbocycles. The van der Waals surface area contributed by atoms with Crippen molar-refractivity contribution in [2.45, 2.75) is 46.1 Å². The Kier molecular flexibility index (Phi) is 11.5. The highest BCUT2D eigenvalue weighted by atomic mass is 35.5. The summed E-state index contributed by atoms with van der Waals surface area (Å²) in [5.74, 6) is 3.27. The van der Waals surface area contributed by atoms with Crippen molar-refractivity contribution in [3.05, 3.63) is 102 Å². The number of carbonyl (C=O) groups excluding carboxylic acids is 2. The molecular formula is C37H37ClN2O4. The number of anilines is 1. The van der Waals surface area contributed by atoms with Gasteiger partial charge in [0, 0.05) is 48.1 Å². The van der Waals surface area contributed by atoms with E-state index in [4.69, 9.17) is 15.9 Å². The first-order valence-corrected chi connectivity index (χ1v) is 15.5. The monoisotopic (exact) mass is 608 g/mol. The van der Waals surface area contributed by atoms with Gasteiger partial charge in [-0.25, -0.2) is 0 Å². The molecule has 0 spiro atoms. The first kappa shape index (κ1) is 32.2. The molecule has 7 heteroatoms. The molecular weight excluding hydrogens is 572 g/mol. The van der Waals surface area contributed by atoms with Crippen molar-refractivity contribution in [1.29, 1.82) is 0 Å². The number of hydrogen-bond donors (Lipinski definition) is 1. The summed E-state index contributed by atoms with van der Waals surface area (Å²) in [7, 11) is 0. The first-order valence-electron chi connectivity index (χ1n) is 14.8. The average molecular weight is 609 g/mol. The molecule has 0 atom stereocenters. The second kappa shape index (κ2) is 15.7. The second-order valence-corrected chi connectivity index (χ2v) is 9.86. The topological polar surface area (TPSA) is 71.6 Å². The smallest absolute Gasteiger partial charge is 0.311 e. The maximum absolute atomic E-state index is 13.8. The van der Waals surface area contributed by atoms with Crippen LogP contribution in [-0.4, -0.2) is 29.8 Å². The fraction of sp³-hybridized carbons (Fsp3) is 0.243. The zero-order valence-corrected chi connectivity index (χ0v) is 26.1. The molecule has 0 radical (unpaired) electrons. The largest absolute Gasteiger partial charge is 0.488 e. The molecule has 0 fully saturated rings. The number of amides is 1. The summed E-state index contributed by atoms with van der Waals surface area (Å²) in [6.45, 7) is 5.02. The van der Waals surface area contributed by atoms with E-state index in [0.29, 0.717) is 37.4 Å². The van der Waals surface area contributed by atoms with E-state index in [1.807, 2.05) is 73.3 Å². The number of H-pyrrole nitrogens is 1. The van der Waals surface area contributed by atoms with E-state index in [2.05, 4.69) is 34.6 Å². The number of unbranched alkanes of at least 4 members (excludes halogenated alkanes) is 1. The maximum Gasteiger partial charge on any atom is 0.311 e. The molecule has 44 heavy (non-hydrogen) atoms. The summed E-state index contributed by atoms with van der Waals surface area (Å²) >= 11 is 4.64. The molecule has 0 aliphatic carbocycles. The molecule has 0 saturated heterocycles. The van der Waals surface area contributed by atoms with Crippen molar-refractivity contribution < 1.29 is 19.1 Å². The number of hydrogen-bond acceptors (Lipinski definition) is 4. The Balaban J connectivity index is 0.00000106. The van der Waals surface area contributed by atoms with Gasteiger partial charge in [-0.3, -0.25) is 9.59 Å². The van der Waals surface area contributed by atoms with Crippen LogP contribution in [0.25, 0.3) is 21.7 Å². The van der Waals surface area contributed by atoms with Gasteiger partial charge in [0.1, 0.15) is 23.8 Å². The summed E-state index contributed by atoms with van der Waals surface area (Å²) < 4.78 is 11.8. The van der Waals surface area contributed by atoms with E-state index >= 15 is 0 Å². The third-order valence-electron chi connectivity index (χ3n) is 7.21. The lowest BCUT2D eigenvalue weighted by molar-refractivity contribution is -0.134. The van der Waals surface area contributed by atoms with Crippen LogP contribution in [0, 0.1) is 12.3 Å². The van der Waals surface area contributed by atoms with E-state index in [1.54, 1.807) is 18.2 Å². The fourth-order valence-electron chi connectivity index (χ4n) is 5.25. The summed E-state index contributed by atoms with van der Waals surface area (Å²) in [6, 6.07) is 27.3. The number of nitrogens with zero attached hydrogens (tertiary/aromatic N) is 1. The van der Waals surface area contributed by atoms with E-state index in [-0.39, 0.29) is 18.3 Å². The Morgan fingerprint density at radius 2 is 1.68 bits per heavy atom. The van der Waals surface area contributed by atoms with Crippen LogP contribution >= 0.6 is 11.6 Å². The lowest BCUT2D eigenvalue weighted by Crippen LogP contribution is -2.29. The van der Waals surface area contributed by atoms with Gasteiger partial charge in [0.2, 0.25) is 0 Å². The van der Waals surface area contributed by atoms with Gasteiger partial charge >= 0.3 is 5.97 Å². The number of benzene rings is 4. The number of ether oxygens (including phenoxy) is 2. The molecule has 1 aromatic heterocycles. The van der Waals surface area contributed by atoms with Crippen molar-refractivity contribution in [1.82, 2.24) is 4.98 Å². The van der Waals surface area contributed by atoms with Crippen LogP contribution in [0.2, 0.25) is 0 Å². The summed E-state index contributed by atoms with van der Waals surface area (Å²) in [6.07, 6.45) is 8.88. The van der Waals surface area contributed by atoms with E-state index in [0.717, 1.165) is 50.7 Å². The highest BCUT2D eigenvalue weighted by Gasteiger charge is 2.29. The zero-order valence-electron chi connectivity index (χ0n) is 25.4. The van der Waals surface area contributed by atoms with E-state index < -0.39 is 0 Å². The Bertz CT molecular complexity index is 1770. The number of halogens is 1. The molecule has 0 saturated carbocycles. The molecule has 226 valence electrons. The second-order valence-electron chi connectivity index (χ2n) is 9.86. The minimum atomic E-state index is -0.326. The molecule has 1 N–H and O–H groups in total. The minimum Gasteiger partial charge on any atom is -0.488 e. The highest BCUT2D eigenvalue weighted by molar-refractivity contribution is 6.15. The highest BCUT2D eigenvalue weighted by Crippen LogP contribution is 2.41. The number of aromatic nitrogens is 1. The normalized spacial score (nSPS) is 11.5. The third kappa shape index (κ3) is 7.24. The van der Waals surface area contributed by atoms with Gasteiger partial charge < -0.3 is 19.4 Å². The van der Waals surface area contributed by atoms with Gasteiger partial charge in [-0.15, -0.1) is 23.9 Å². The van der Waals surface area contributed by atoms with Crippen molar-refractivity contribution in [2.75, 3.05) is 17.8 Å². The molecule has 1 amide bonds. The van der Waals surface area contributed by atoms with Crippen molar-refractivity contribution in [3.8, 4) is 23.8 Å². The first-order chi connectivity index (χ1) is 21.6. The number of aromatic amines is 1. The Labute approximate surface area is 263 Å². The van der Waals surface area contributed by atoms with Crippen LogP contribution in [0.15, 0.2) is 84.9 Å². The van der Waals surface area contributed by atoms with Crippen molar-refractivity contribution in [2.24, 2.45) is 0 Å². The molecule has 5 aromatic rings. The van der Waals surface area contributed by atoms with Gasteiger partial charge in [-0.1, -0.05) is 68.4 Å². The zero-order chi connectivity index (χ0) is 31.5. The molecule has 0 bridgehead atoms. The van der Waals surface area contributed by atoms with Crippen LogP contribution < -0.4 is 14.4 Å². The van der Waals surface area contributed by atoms with Gasteiger partial charge in [0.25, 0.3) is 5.91 Å². The number of fused-ring (bicyclic) bond motifs is 4. The van der Waals surface area contributed by atoms with Crippen LogP contribution in [0.5, 0.6) is 11.5 Å². The standard InChI is InChI=1S/C34H28N2O4.C2H6.CH3Cl/c1-2-3-5-14-33(37)40-25-15-16-29-24(19-25)20-30(35-29)34(38)36-18-17-27-26-12-8-9-13-28(26)32(21-31(27)36)39-22-23-10-6-4-7-11-23;2*1-2/h1,4,6-13,15-16,19-21,35H,3,5,14,17-18,22H2;1-2H3;1H3. The Morgan fingerprint density at radius 3 is 2.43 bits per heavy atom. The van der Waals surface area contributed by atoms with Crippen LogP contribution in [0.4, 0.5) is 5.69 Å². The predicted molar refractivity (Wildman–Crippen MR) is 180 cm³/mol. The summed E-state index contributed by atoms with van der Waals surface area (Å²) in [4.78, 5) is 30.9. The van der Waals surface area contributed by atoms with E-state index in [1.165, 1.54) is 6.38 Å². The van der Waals surface area contributed by atoms with Crippen LogP contribution in [0.1, 0.15) is 54.7 Å². The van der Waals surface area contributed by atoms with Gasteiger partial charge in [-0.05, 0) is 53.6 Å². The summed E-state index contributed by atoms with van der Waals surface area (Å²) in [5.41, 5.74) is 4.36. The minimum absolute atomic E-state index is 0.118. The molecule has 0 unspecified atom stereocenters. The number of terminal acetylenes is 1. The lowest BCUT2D eigenvalue weighted by Gasteiger charge is -2.19. The number of carbonyl (C=O) groups is 2. The number of alkyl halides is 1. The lowest BCUT2D eigenvalue weighted by atomic mass is 10.0. The predicted octanol–water partition coefficient (Wildman–Crippen LogP) is 8.69.